The van der Waals surface area contributed by atoms with Gasteiger partial charge in [-0.25, -0.2) is 4.79 Å². The minimum atomic E-state index is -0.618. The Bertz CT molecular complexity index is 1160. The fourth-order valence-corrected chi connectivity index (χ4v) is 4.46. The van der Waals surface area contributed by atoms with Gasteiger partial charge in [-0.2, -0.15) is 5.26 Å². The topological polar surface area (TPSA) is 121 Å². The van der Waals surface area contributed by atoms with E-state index in [0.29, 0.717) is 35.3 Å². The van der Waals surface area contributed by atoms with Crippen LogP contribution in [0, 0.1) is 11.3 Å². The molecule has 0 aromatic heterocycles. The van der Waals surface area contributed by atoms with E-state index in [0.717, 1.165) is 12.1 Å². The largest absolute Gasteiger partial charge is 0.493 e. The molecular weight excluding hydrogens is 446 g/mol. The molecule has 2 aliphatic rings. The Hall–Kier alpha value is -3.61. The van der Waals surface area contributed by atoms with Crippen LogP contribution in [0.15, 0.2) is 36.4 Å². The molecule has 2 aromatic rings. The Morgan fingerprint density at radius 1 is 1.20 bits per heavy atom. The molecule has 0 saturated heterocycles. The van der Waals surface area contributed by atoms with E-state index in [9.17, 15) is 14.9 Å². The lowest BCUT2D eigenvalue weighted by molar-refractivity contribution is -0.117. The first-order valence-electron chi connectivity index (χ1n) is 11.8. The number of nitriles is 1. The predicted octanol–water partition coefficient (Wildman–Crippen LogP) is 3.12. The van der Waals surface area contributed by atoms with E-state index < -0.39 is 6.09 Å². The van der Waals surface area contributed by atoms with Crippen molar-refractivity contribution >= 4 is 23.4 Å². The van der Waals surface area contributed by atoms with Gasteiger partial charge in [0.1, 0.15) is 0 Å². The summed E-state index contributed by atoms with van der Waals surface area (Å²) in [5.41, 5.74) is 8.65. The molecule has 184 valence electrons. The van der Waals surface area contributed by atoms with Gasteiger partial charge in [0, 0.05) is 44.6 Å². The van der Waals surface area contributed by atoms with Gasteiger partial charge >= 0.3 is 6.09 Å². The molecular formula is C26H31N5O4. The Balaban J connectivity index is 1.68. The molecule has 1 saturated carbocycles. The molecule has 4 rings (SSSR count). The van der Waals surface area contributed by atoms with Crippen molar-refractivity contribution in [3.8, 4) is 17.6 Å². The highest BCUT2D eigenvalue weighted by Crippen LogP contribution is 2.39. The quantitative estimate of drug-likeness (QED) is 0.628. The second kappa shape index (κ2) is 10.3. The van der Waals surface area contributed by atoms with E-state index in [1.54, 1.807) is 17.0 Å². The summed E-state index contributed by atoms with van der Waals surface area (Å²) in [5, 5.41) is 12.8. The number of nitrogens with zero attached hydrogens (tertiary/aromatic N) is 3. The number of fused-ring (bicyclic) bond motifs is 1. The van der Waals surface area contributed by atoms with Gasteiger partial charge in [0.15, 0.2) is 11.5 Å². The highest BCUT2D eigenvalue weighted by atomic mass is 16.6. The van der Waals surface area contributed by atoms with Gasteiger partial charge in [-0.1, -0.05) is 6.07 Å². The van der Waals surface area contributed by atoms with Crippen molar-refractivity contribution in [2.45, 2.75) is 44.7 Å². The molecule has 0 bridgehead atoms. The van der Waals surface area contributed by atoms with Crippen LogP contribution in [-0.2, 0) is 4.79 Å². The molecule has 1 unspecified atom stereocenters. The third-order valence-corrected chi connectivity index (χ3v) is 6.47. The smallest absolute Gasteiger partial charge is 0.420 e. The Morgan fingerprint density at radius 2 is 1.97 bits per heavy atom. The maximum atomic E-state index is 13.4. The van der Waals surface area contributed by atoms with Crippen LogP contribution in [0.1, 0.15) is 43.7 Å². The monoisotopic (exact) mass is 477 g/mol. The van der Waals surface area contributed by atoms with E-state index in [1.165, 1.54) is 37.8 Å². The average Bonchev–Trinajstić information content (AvgIpc) is 3.68. The molecule has 2 atom stereocenters. The summed E-state index contributed by atoms with van der Waals surface area (Å²) in [6, 6.07) is 12.8. The van der Waals surface area contributed by atoms with E-state index in [1.807, 2.05) is 31.2 Å². The molecule has 1 fully saturated rings. The zero-order chi connectivity index (χ0) is 25.1. The number of benzene rings is 2. The second-order valence-electron chi connectivity index (χ2n) is 9.06. The lowest BCUT2D eigenvalue weighted by Crippen LogP contribution is -2.52. The summed E-state index contributed by atoms with van der Waals surface area (Å²) >= 11 is 0. The number of anilines is 2. The lowest BCUT2D eigenvalue weighted by atomic mass is 9.96. The zero-order valence-corrected chi connectivity index (χ0v) is 20.3. The van der Waals surface area contributed by atoms with Crippen LogP contribution in [0.3, 0.4) is 0 Å². The summed E-state index contributed by atoms with van der Waals surface area (Å²) in [4.78, 5) is 29.1. The van der Waals surface area contributed by atoms with Gasteiger partial charge < -0.3 is 25.4 Å². The lowest BCUT2D eigenvalue weighted by Gasteiger charge is -2.40. The van der Waals surface area contributed by atoms with Crippen molar-refractivity contribution in [1.82, 2.24) is 5.32 Å². The first kappa shape index (κ1) is 24.5. The van der Waals surface area contributed by atoms with Crippen molar-refractivity contribution in [1.29, 1.82) is 5.26 Å². The average molecular weight is 478 g/mol. The molecule has 1 aliphatic carbocycles. The van der Waals surface area contributed by atoms with Crippen molar-refractivity contribution in [2.75, 3.05) is 36.5 Å². The number of hydrogen-bond donors (Lipinski definition) is 2. The SMILES string of the molecule is COc1ccc(C#N)cc1OC(=O)N1C[C@H](C)N(C(C)=O)c2ccc(C(CN)CNC3CC3)cc21. The Morgan fingerprint density at radius 3 is 2.60 bits per heavy atom. The summed E-state index contributed by atoms with van der Waals surface area (Å²) in [6.07, 6.45) is 1.75. The number of nitrogens with two attached hydrogens (primary N) is 1. The van der Waals surface area contributed by atoms with Crippen LogP contribution in [0.2, 0.25) is 0 Å². The van der Waals surface area contributed by atoms with Crippen molar-refractivity contribution in [2.24, 2.45) is 5.73 Å². The highest BCUT2D eigenvalue weighted by molar-refractivity contribution is 6.02. The van der Waals surface area contributed by atoms with Gasteiger partial charge in [-0.3, -0.25) is 9.69 Å². The molecule has 3 N–H and O–H groups in total. The predicted molar refractivity (Wildman–Crippen MR) is 133 cm³/mol. The van der Waals surface area contributed by atoms with Gasteiger partial charge in [0.2, 0.25) is 5.91 Å². The minimum Gasteiger partial charge on any atom is -0.493 e. The molecule has 9 nitrogen and oxygen atoms in total. The number of nitrogens with one attached hydrogen (secondary N) is 1. The summed E-state index contributed by atoms with van der Waals surface area (Å²) in [5.74, 6) is 0.463. The van der Waals surface area contributed by atoms with Crippen LogP contribution in [0.5, 0.6) is 11.5 Å². The molecule has 35 heavy (non-hydrogen) atoms. The van der Waals surface area contributed by atoms with Crippen LogP contribution in [0.25, 0.3) is 0 Å². The third-order valence-electron chi connectivity index (χ3n) is 6.47. The maximum Gasteiger partial charge on any atom is 0.420 e. The van der Waals surface area contributed by atoms with Gasteiger partial charge in [0.25, 0.3) is 0 Å². The fraction of sp³-hybridized carbons (Fsp3) is 0.423. The van der Waals surface area contributed by atoms with Gasteiger partial charge in [-0.15, -0.1) is 0 Å². The van der Waals surface area contributed by atoms with Crippen LogP contribution in [0.4, 0.5) is 16.2 Å². The first-order valence-corrected chi connectivity index (χ1v) is 11.8. The normalized spacial score (nSPS) is 17.9. The molecule has 9 heteroatoms. The standard InChI is InChI=1S/C26H31N5O4/c1-16-15-30(26(33)35-25-10-18(12-27)4-9-24(25)34-3)23-11-19(5-8-22(23)31(16)17(2)32)20(13-28)14-29-21-6-7-21/h4-5,8-11,16,20-21,29H,6-7,13-15,28H2,1-3H3/t16-,20?/m0/s1. The fourth-order valence-electron chi connectivity index (χ4n) is 4.46. The number of amides is 2. The number of rotatable bonds is 7. The van der Waals surface area contributed by atoms with Crippen LogP contribution < -0.4 is 30.3 Å². The molecule has 2 aromatic carbocycles. The zero-order valence-electron chi connectivity index (χ0n) is 20.3. The molecule has 1 heterocycles. The molecule has 1 aliphatic heterocycles. The number of ether oxygens (including phenoxy) is 2. The second-order valence-corrected chi connectivity index (χ2v) is 9.06. The number of carbonyl (C=O) groups is 2. The van der Waals surface area contributed by atoms with E-state index in [2.05, 4.69) is 5.32 Å². The Kier molecular flexibility index (Phi) is 7.24. The van der Waals surface area contributed by atoms with Crippen molar-refractivity contribution < 1.29 is 19.1 Å². The summed E-state index contributed by atoms with van der Waals surface area (Å²) in [6.45, 7) is 4.85. The van der Waals surface area contributed by atoms with Gasteiger partial charge in [-0.05, 0) is 49.6 Å². The van der Waals surface area contributed by atoms with E-state index in [-0.39, 0.29) is 30.2 Å². The van der Waals surface area contributed by atoms with Crippen molar-refractivity contribution in [3.05, 3.63) is 47.5 Å². The minimum absolute atomic E-state index is 0.0660. The van der Waals surface area contributed by atoms with Crippen molar-refractivity contribution in [3.63, 3.8) is 0 Å². The molecule has 0 spiro atoms. The molecule has 0 radical (unpaired) electrons. The van der Waals surface area contributed by atoms with Crippen LogP contribution >= 0.6 is 0 Å². The number of carbonyl (C=O) groups excluding carboxylic acids is 2. The van der Waals surface area contributed by atoms with Gasteiger partial charge in [0.05, 0.1) is 36.2 Å². The van der Waals surface area contributed by atoms with Crippen LogP contribution in [-0.4, -0.2) is 50.8 Å². The third kappa shape index (κ3) is 5.24. The summed E-state index contributed by atoms with van der Waals surface area (Å²) in [7, 11) is 1.47. The molecule has 2 amide bonds. The number of hydrogen-bond acceptors (Lipinski definition) is 7. The van der Waals surface area contributed by atoms with E-state index in [4.69, 9.17) is 15.2 Å². The summed E-state index contributed by atoms with van der Waals surface area (Å²) < 4.78 is 11.0. The highest BCUT2D eigenvalue weighted by Gasteiger charge is 2.35. The number of methoxy groups -OCH3 is 1. The van der Waals surface area contributed by atoms with E-state index >= 15 is 0 Å². The first-order chi connectivity index (χ1) is 16.9. The maximum absolute atomic E-state index is 13.4. The Labute approximate surface area is 205 Å².